The molecule has 1 aromatic rings. The summed E-state index contributed by atoms with van der Waals surface area (Å²) in [6.07, 6.45) is 8.06. The van der Waals surface area contributed by atoms with Gasteiger partial charge in [-0.15, -0.1) is 0 Å². The Hall–Kier alpha value is -1.44. The highest BCUT2D eigenvalue weighted by Gasteiger charge is 2.73. The molecule has 2 amide bonds. The number of halogens is 1. The lowest BCUT2D eigenvalue weighted by Crippen LogP contribution is -2.30. The lowest BCUT2D eigenvalue weighted by molar-refractivity contribution is -0.141. The Kier molecular flexibility index (Phi) is 2.43. The summed E-state index contributed by atoms with van der Waals surface area (Å²) in [5.74, 6) is 0.346. The molecule has 2 bridgehead atoms. The number of allylic oxidation sites excluding steroid dienone is 2. The summed E-state index contributed by atoms with van der Waals surface area (Å²) in [6.45, 7) is 0. The highest BCUT2D eigenvalue weighted by atomic mass is 127. The van der Waals surface area contributed by atoms with Crippen LogP contribution in [0.5, 0.6) is 0 Å². The smallest absolute Gasteiger partial charge is 0.254 e. The van der Waals surface area contributed by atoms with Crippen molar-refractivity contribution in [3.63, 3.8) is 0 Å². The number of hydrogen-bond donors (Lipinski definition) is 0. The molecule has 1 aromatic heterocycles. The number of furan rings is 1. The van der Waals surface area contributed by atoms with Gasteiger partial charge in [-0.1, -0.05) is 12.2 Å². The van der Waals surface area contributed by atoms with Crippen molar-refractivity contribution in [2.24, 2.45) is 34.2 Å². The zero-order valence-electron chi connectivity index (χ0n) is 11.6. The molecule has 3 fully saturated rings. The van der Waals surface area contributed by atoms with Crippen LogP contribution in [0.25, 0.3) is 0 Å². The van der Waals surface area contributed by atoms with Crippen molar-refractivity contribution in [3.8, 4) is 0 Å². The van der Waals surface area contributed by atoms with Crippen LogP contribution in [-0.2, 0) is 9.59 Å². The second-order valence-corrected chi connectivity index (χ2v) is 7.66. The average molecular weight is 408 g/mol. The van der Waals surface area contributed by atoms with Gasteiger partial charge in [0.1, 0.15) is 5.76 Å². The van der Waals surface area contributed by atoms with Crippen molar-refractivity contribution < 1.29 is 14.0 Å². The minimum absolute atomic E-state index is 0.143. The van der Waals surface area contributed by atoms with E-state index in [1.54, 1.807) is 6.07 Å². The lowest BCUT2D eigenvalue weighted by Gasteiger charge is -2.18. The van der Waals surface area contributed by atoms with Crippen molar-refractivity contribution in [2.45, 2.75) is 12.8 Å². The largest absolute Gasteiger partial charge is 0.449 e. The SMILES string of the molecule is O=C1[C@@H]2[C@@H](C(=O)N1/N=C/c1ccc(I)o1)[C@H]1C=C[C@H]2C12CC2. The predicted molar refractivity (Wildman–Crippen MR) is 85.6 cm³/mol. The van der Waals surface area contributed by atoms with E-state index in [1.807, 2.05) is 6.07 Å². The topological polar surface area (TPSA) is 62.9 Å². The van der Waals surface area contributed by atoms with Crippen molar-refractivity contribution in [1.82, 2.24) is 5.01 Å². The summed E-state index contributed by atoms with van der Waals surface area (Å²) in [6, 6.07) is 3.58. The monoisotopic (exact) mass is 408 g/mol. The maximum atomic E-state index is 12.7. The Morgan fingerprint density at radius 2 is 1.82 bits per heavy atom. The molecule has 1 aliphatic heterocycles. The van der Waals surface area contributed by atoms with Gasteiger partial charge in [-0.3, -0.25) is 9.59 Å². The van der Waals surface area contributed by atoms with Gasteiger partial charge in [0.05, 0.1) is 18.1 Å². The Bertz CT molecular complexity index is 727. The van der Waals surface area contributed by atoms with Gasteiger partial charge in [0.2, 0.25) is 0 Å². The highest BCUT2D eigenvalue weighted by molar-refractivity contribution is 14.1. The molecule has 22 heavy (non-hydrogen) atoms. The standard InChI is InChI=1S/C16H13IN2O3/c17-11-4-1-8(22-11)7-18-19-14(20)12-9-2-3-10(13(12)15(19)21)16(9)5-6-16/h1-4,7,9-10,12-13H,5-6H2/b18-7+/t9-,10-,12+,13+/m1/s1. The molecule has 0 unspecified atom stereocenters. The molecule has 1 saturated heterocycles. The number of nitrogens with zero attached hydrogens (tertiary/aromatic N) is 2. The lowest BCUT2D eigenvalue weighted by atomic mass is 9.85. The predicted octanol–water partition coefficient (Wildman–Crippen LogP) is 2.42. The second-order valence-electron chi connectivity index (χ2n) is 6.60. The third kappa shape index (κ3) is 1.46. The Morgan fingerprint density at radius 3 is 2.32 bits per heavy atom. The van der Waals surface area contributed by atoms with Gasteiger partial charge in [-0.2, -0.15) is 10.1 Å². The molecule has 5 nitrogen and oxygen atoms in total. The molecule has 0 N–H and O–H groups in total. The summed E-state index contributed by atoms with van der Waals surface area (Å²) in [5.41, 5.74) is 0.230. The van der Waals surface area contributed by atoms with Crippen LogP contribution in [0.15, 0.2) is 33.8 Å². The zero-order chi connectivity index (χ0) is 15.1. The molecule has 2 saturated carbocycles. The molecule has 4 aliphatic rings. The average Bonchev–Trinajstić information content (AvgIpc) is 2.87. The molecular formula is C16H13IN2O3. The van der Waals surface area contributed by atoms with Crippen LogP contribution >= 0.6 is 22.6 Å². The third-order valence-corrected chi connectivity index (χ3v) is 6.30. The summed E-state index contributed by atoms with van der Waals surface area (Å²) in [4.78, 5) is 25.3. The molecular weight excluding hydrogens is 395 g/mol. The summed E-state index contributed by atoms with van der Waals surface area (Å²) >= 11 is 2.06. The summed E-state index contributed by atoms with van der Waals surface area (Å²) < 4.78 is 6.12. The van der Waals surface area contributed by atoms with Crippen LogP contribution in [0.3, 0.4) is 0 Å². The van der Waals surface area contributed by atoms with E-state index >= 15 is 0 Å². The number of fused-ring (bicyclic) bond motifs is 3. The van der Waals surface area contributed by atoms with E-state index < -0.39 is 0 Å². The highest BCUT2D eigenvalue weighted by Crippen LogP contribution is 2.73. The number of carbonyl (C=O) groups excluding carboxylic acids is 2. The first kappa shape index (κ1) is 13.0. The molecule has 1 spiro atoms. The quantitative estimate of drug-likeness (QED) is 0.327. The van der Waals surface area contributed by atoms with Crippen LogP contribution in [0.1, 0.15) is 18.6 Å². The van der Waals surface area contributed by atoms with E-state index in [4.69, 9.17) is 4.42 Å². The summed E-state index contributed by atoms with van der Waals surface area (Å²) in [5, 5.41) is 5.16. The van der Waals surface area contributed by atoms with E-state index in [9.17, 15) is 9.59 Å². The van der Waals surface area contributed by atoms with Crippen LogP contribution in [0, 0.1) is 32.9 Å². The van der Waals surface area contributed by atoms with Crippen molar-refractivity contribution in [1.29, 1.82) is 0 Å². The number of hydrazone groups is 1. The van der Waals surface area contributed by atoms with E-state index in [-0.39, 0.29) is 40.9 Å². The van der Waals surface area contributed by atoms with Crippen molar-refractivity contribution >= 4 is 40.6 Å². The van der Waals surface area contributed by atoms with E-state index in [1.165, 1.54) is 6.21 Å². The van der Waals surface area contributed by atoms with Gasteiger partial charge < -0.3 is 4.42 Å². The second kappa shape index (κ2) is 4.10. The molecule has 4 atom stereocenters. The third-order valence-electron chi connectivity index (χ3n) is 5.72. The molecule has 0 radical (unpaired) electrons. The maximum Gasteiger partial charge on any atom is 0.254 e. The van der Waals surface area contributed by atoms with Gasteiger partial charge in [-0.05, 0) is 64.8 Å². The number of amides is 2. The van der Waals surface area contributed by atoms with Crippen LogP contribution in [-0.4, -0.2) is 23.0 Å². The first-order valence-corrected chi connectivity index (χ1v) is 8.55. The summed E-state index contributed by atoms with van der Waals surface area (Å²) in [7, 11) is 0. The Labute approximate surface area is 140 Å². The van der Waals surface area contributed by atoms with Crippen LogP contribution in [0.2, 0.25) is 0 Å². The number of imide groups is 1. The maximum absolute atomic E-state index is 12.7. The molecule has 5 rings (SSSR count). The van der Waals surface area contributed by atoms with Gasteiger partial charge >= 0.3 is 0 Å². The van der Waals surface area contributed by atoms with Crippen LogP contribution in [0.4, 0.5) is 0 Å². The fourth-order valence-corrected chi connectivity index (χ4v) is 5.12. The molecule has 6 heteroatoms. The molecule has 0 aromatic carbocycles. The first-order valence-electron chi connectivity index (χ1n) is 7.47. The minimum Gasteiger partial charge on any atom is -0.449 e. The van der Waals surface area contributed by atoms with Crippen LogP contribution < -0.4 is 0 Å². The van der Waals surface area contributed by atoms with Gasteiger partial charge in [0.25, 0.3) is 11.8 Å². The van der Waals surface area contributed by atoms with E-state index in [0.29, 0.717) is 5.76 Å². The first-order chi connectivity index (χ1) is 10.6. The normalized spacial score (nSPS) is 37.0. The minimum atomic E-state index is -0.195. The van der Waals surface area contributed by atoms with Crippen molar-refractivity contribution in [2.75, 3.05) is 0 Å². The van der Waals surface area contributed by atoms with Crippen molar-refractivity contribution in [3.05, 3.63) is 33.8 Å². The Morgan fingerprint density at radius 1 is 1.18 bits per heavy atom. The molecule has 2 heterocycles. The van der Waals surface area contributed by atoms with E-state index in [2.05, 4.69) is 39.8 Å². The molecule has 112 valence electrons. The fourth-order valence-electron chi connectivity index (χ4n) is 4.69. The van der Waals surface area contributed by atoms with Gasteiger partial charge in [0, 0.05) is 0 Å². The zero-order valence-corrected chi connectivity index (χ0v) is 13.8. The molecule has 3 aliphatic carbocycles. The number of rotatable bonds is 2. The number of carbonyl (C=O) groups is 2. The van der Waals surface area contributed by atoms with Gasteiger partial charge in [-0.25, -0.2) is 0 Å². The van der Waals surface area contributed by atoms with Gasteiger partial charge in [0.15, 0.2) is 3.77 Å². The van der Waals surface area contributed by atoms with E-state index in [0.717, 1.165) is 21.6 Å². The fraction of sp³-hybridized carbons (Fsp3) is 0.438. The Balaban J connectivity index is 1.45. The number of hydrogen-bond acceptors (Lipinski definition) is 4.